The van der Waals surface area contributed by atoms with E-state index in [1.807, 2.05) is 30.3 Å². The van der Waals surface area contributed by atoms with Crippen LogP contribution in [0.1, 0.15) is 22.5 Å². The molecule has 0 saturated carbocycles. The minimum Gasteiger partial charge on any atom is -0.398 e. The van der Waals surface area contributed by atoms with Crippen LogP contribution in [0, 0.1) is 5.41 Å². The Morgan fingerprint density at radius 1 is 1.15 bits per heavy atom. The minimum atomic E-state index is -0.223. The molecule has 9 nitrogen and oxygen atoms in total. The van der Waals surface area contributed by atoms with E-state index in [2.05, 4.69) is 42.8 Å². The highest BCUT2D eigenvalue weighted by molar-refractivity contribution is 6.06. The van der Waals surface area contributed by atoms with E-state index < -0.39 is 0 Å². The van der Waals surface area contributed by atoms with Crippen molar-refractivity contribution in [3.05, 3.63) is 72.2 Å². The molecule has 2 aromatic carbocycles. The van der Waals surface area contributed by atoms with Crippen LogP contribution < -0.4 is 21.3 Å². The van der Waals surface area contributed by atoms with E-state index >= 15 is 0 Å². The molecule has 6 N–H and O–H groups in total. The highest BCUT2D eigenvalue weighted by atomic mass is 16.1. The molecule has 2 aromatic heterocycles. The lowest BCUT2D eigenvalue weighted by Crippen LogP contribution is -2.26. The number of amides is 1. The quantitative estimate of drug-likeness (QED) is 0.230. The normalized spacial score (nSPS) is 15.5. The molecule has 0 radical (unpaired) electrons. The van der Waals surface area contributed by atoms with Gasteiger partial charge in [-0.3, -0.25) is 4.79 Å². The zero-order chi connectivity index (χ0) is 22.8. The largest absolute Gasteiger partial charge is 0.398 e. The van der Waals surface area contributed by atoms with Crippen molar-refractivity contribution in [1.29, 1.82) is 5.41 Å². The maximum absolute atomic E-state index is 12.6. The van der Waals surface area contributed by atoms with Crippen molar-refractivity contribution in [2.24, 2.45) is 0 Å². The summed E-state index contributed by atoms with van der Waals surface area (Å²) < 4.78 is 0. The van der Waals surface area contributed by atoms with Crippen molar-refractivity contribution in [2.75, 3.05) is 34.4 Å². The number of H-pyrrole nitrogens is 1. The zero-order valence-electron chi connectivity index (χ0n) is 17.9. The Morgan fingerprint density at radius 3 is 2.88 bits per heavy atom. The number of nitrogens with zero attached hydrogens (tertiary/aromatic N) is 3. The second-order valence-electron chi connectivity index (χ2n) is 8.10. The third-order valence-corrected chi connectivity index (χ3v) is 5.86. The molecule has 1 atom stereocenters. The molecule has 1 fully saturated rings. The molecule has 1 amide bonds. The number of nitrogens with one attached hydrogen (secondary N) is 4. The molecule has 0 spiro atoms. The van der Waals surface area contributed by atoms with E-state index in [9.17, 15) is 4.79 Å². The standard InChI is InChI=1S/C24H24N8O/c25-12-16-9-17(2-4-21(16)26)29-19-6-8-32(14-19)20-3-1-15-10-23(31-22(15)11-20)24(33)30-18-5-7-27-28-13-18/h1-5,7,9-13,19,25,29,31H,6,8,14,26H2,(H,27,30,33). The first-order chi connectivity index (χ1) is 16.1. The number of carbonyl (C=O) groups excluding carboxylic acids is 1. The van der Waals surface area contributed by atoms with Crippen LogP contribution in [-0.2, 0) is 0 Å². The van der Waals surface area contributed by atoms with Crippen LogP contribution in [0.15, 0.2) is 60.9 Å². The van der Waals surface area contributed by atoms with Crippen molar-refractivity contribution < 1.29 is 4.79 Å². The Labute approximate surface area is 190 Å². The molecule has 4 aromatic rings. The Hall–Kier alpha value is -4.40. The van der Waals surface area contributed by atoms with Crippen LogP contribution in [0.5, 0.6) is 0 Å². The van der Waals surface area contributed by atoms with Gasteiger partial charge >= 0.3 is 0 Å². The minimum absolute atomic E-state index is 0.223. The Kier molecular flexibility index (Phi) is 5.35. The van der Waals surface area contributed by atoms with Gasteiger partial charge in [-0.2, -0.15) is 10.2 Å². The van der Waals surface area contributed by atoms with Gasteiger partial charge in [0.05, 0.1) is 18.1 Å². The average molecular weight is 441 g/mol. The van der Waals surface area contributed by atoms with E-state index in [1.165, 1.54) is 18.6 Å². The summed E-state index contributed by atoms with van der Waals surface area (Å²) in [6.07, 6.45) is 5.31. The highest BCUT2D eigenvalue weighted by Crippen LogP contribution is 2.27. The topological polar surface area (TPSA) is 136 Å². The van der Waals surface area contributed by atoms with E-state index in [0.717, 1.165) is 41.8 Å². The molecular formula is C24H24N8O. The second-order valence-corrected chi connectivity index (χ2v) is 8.10. The van der Waals surface area contributed by atoms with Crippen LogP contribution in [-0.4, -0.2) is 46.4 Å². The number of anilines is 4. The molecule has 0 bridgehead atoms. The molecule has 5 rings (SSSR count). The van der Waals surface area contributed by atoms with Gasteiger partial charge in [-0.05, 0) is 48.9 Å². The van der Waals surface area contributed by atoms with Gasteiger partial charge in [-0.25, -0.2) is 0 Å². The predicted molar refractivity (Wildman–Crippen MR) is 131 cm³/mol. The molecule has 1 aliphatic heterocycles. The van der Waals surface area contributed by atoms with Gasteiger partial charge < -0.3 is 31.7 Å². The van der Waals surface area contributed by atoms with Gasteiger partial charge in [-0.15, -0.1) is 0 Å². The number of hydrogen-bond acceptors (Lipinski definition) is 7. The lowest BCUT2D eigenvalue weighted by atomic mass is 10.1. The monoisotopic (exact) mass is 440 g/mol. The lowest BCUT2D eigenvalue weighted by molar-refractivity contribution is 0.102. The first kappa shape index (κ1) is 20.5. The third kappa shape index (κ3) is 4.33. The molecule has 1 aliphatic rings. The van der Waals surface area contributed by atoms with Crippen LogP contribution in [0.4, 0.5) is 22.7 Å². The summed E-state index contributed by atoms with van der Waals surface area (Å²) in [4.78, 5) is 18.1. The Morgan fingerprint density at radius 2 is 2.06 bits per heavy atom. The van der Waals surface area contributed by atoms with E-state index in [4.69, 9.17) is 11.1 Å². The smallest absolute Gasteiger partial charge is 0.272 e. The summed E-state index contributed by atoms with van der Waals surface area (Å²) in [7, 11) is 0. The number of aromatic amines is 1. The number of fused-ring (bicyclic) bond motifs is 1. The average Bonchev–Trinajstić information content (AvgIpc) is 3.47. The summed E-state index contributed by atoms with van der Waals surface area (Å²) in [5.41, 5.74) is 11.3. The molecule has 3 heterocycles. The van der Waals surface area contributed by atoms with E-state index in [0.29, 0.717) is 28.7 Å². The molecule has 33 heavy (non-hydrogen) atoms. The number of nitrogen functional groups attached to an aromatic ring is 1. The number of rotatable bonds is 6. The Balaban J connectivity index is 1.27. The van der Waals surface area contributed by atoms with Crippen LogP contribution in [0.2, 0.25) is 0 Å². The fraction of sp³-hybridized carbons (Fsp3) is 0.167. The first-order valence-corrected chi connectivity index (χ1v) is 10.7. The summed E-state index contributed by atoms with van der Waals surface area (Å²) in [5.74, 6) is -0.223. The molecular weight excluding hydrogens is 416 g/mol. The maximum Gasteiger partial charge on any atom is 0.272 e. The fourth-order valence-corrected chi connectivity index (χ4v) is 4.13. The van der Waals surface area contributed by atoms with E-state index in [1.54, 1.807) is 6.07 Å². The summed E-state index contributed by atoms with van der Waals surface area (Å²) in [6, 6.07) is 15.7. The highest BCUT2D eigenvalue weighted by Gasteiger charge is 2.23. The number of aromatic nitrogens is 3. The van der Waals surface area contributed by atoms with Gasteiger partial charge in [-0.1, -0.05) is 6.07 Å². The predicted octanol–water partition coefficient (Wildman–Crippen LogP) is 3.48. The van der Waals surface area contributed by atoms with Crippen molar-refractivity contribution >= 4 is 45.8 Å². The summed E-state index contributed by atoms with van der Waals surface area (Å²) >= 11 is 0. The molecule has 166 valence electrons. The molecule has 9 heteroatoms. The second kappa shape index (κ2) is 8.62. The van der Waals surface area contributed by atoms with Crippen LogP contribution in [0.3, 0.4) is 0 Å². The fourth-order valence-electron chi connectivity index (χ4n) is 4.13. The van der Waals surface area contributed by atoms with Gasteiger partial charge in [0.25, 0.3) is 5.91 Å². The number of hydrogen-bond donors (Lipinski definition) is 5. The van der Waals surface area contributed by atoms with Crippen molar-refractivity contribution in [3.8, 4) is 0 Å². The molecule has 1 unspecified atom stereocenters. The number of nitrogens with two attached hydrogens (primary N) is 1. The SMILES string of the molecule is N=Cc1cc(NC2CCN(c3ccc4cc(C(=O)Nc5ccnnc5)[nH]c4c3)C2)ccc1N. The molecule has 0 aliphatic carbocycles. The Bertz CT molecular complexity index is 1320. The number of benzene rings is 2. The van der Waals surface area contributed by atoms with Crippen LogP contribution in [0.25, 0.3) is 10.9 Å². The van der Waals surface area contributed by atoms with Crippen LogP contribution >= 0.6 is 0 Å². The number of carbonyl (C=O) groups is 1. The van der Waals surface area contributed by atoms with Gasteiger partial charge in [0.2, 0.25) is 0 Å². The van der Waals surface area contributed by atoms with Gasteiger partial charge in [0, 0.05) is 58.9 Å². The van der Waals surface area contributed by atoms with Gasteiger partial charge in [0.1, 0.15) is 5.69 Å². The van der Waals surface area contributed by atoms with Crippen molar-refractivity contribution in [3.63, 3.8) is 0 Å². The third-order valence-electron chi connectivity index (χ3n) is 5.86. The first-order valence-electron chi connectivity index (χ1n) is 10.7. The van der Waals surface area contributed by atoms with Gasteiger partial charge in [0.15, 0.2) is 0 Å². The summed E-state index contributed by atoms with van der Waals surface area (Å²) in [5, 5.41) is 22.3. The van der Waals surface area contributed by atoms with Crippen molar-refractivity contribution in [1.82, 2.24) is 15.2 Å². The lowest BCUT2D eigenvalue weighted by Gasteiger charge is -2.20. The van der Waals surface area contributed by atoms with E-state index in [-0.39, 0.29) is 5.91 Å². The van der Waals surface area contributed by atoms with Crippen molar-refractivity contribution in [2.45, 2.75) is 12.5 Å². The summed E-state index contributed by atoms with van der Waals surface area (Å²) in [6.45, 7) is 1.79. The zero-order valence-corrected chi connectivity index (χ0v) is 17.9. The molecule has 1 saturated heterocycles. The maximum atomic E-state index is 12.6.